The fourth-order valence-electron chi connectivity index (χ4n) is 3.63. The van der Waals surface area contributed by atoms with Gasteiger partial charge in [-0.25, -0.2) is 0 Å². The molecule has 116 valence electrons. The molecule has 2 aliphatic rings. The van der Waals surface area contributed by atoms with Gasteiger partial charge in [-0.2, -0.15) is 0 Å². The second kappa shape index (κ2) is 7.81. The number of rotatable bonds is 7. The van der Waals surface area contributed by atoms with E-state index in [1.807, 2.05) is 30.3 Å². The summed E-state index contributed by atoms with van der Waals surface area (Å²) in [6, 6.07) is 10.9. The third kappa shape index (κ3) is 4.45. The predicted molar refractivity (Wildman–Crippen MR) is 86.8 cm³/mol. The Bertz CT molecular complexity index is 403. The Morgan fingerprint density at radius 3 is 2.62 bits per heavy atom. The molecule has 2 saturated heterocycles. The lowest BCUT2D eigenvalue weighted by atomic mass is 10.2. The smallest absolute Gasteiger partial charge is 0.119 e. The highest BCUT2D eigenvalue weighted by molar-refractivity contribution is 5.20. The largest absolute Gasteiger partial charge is 0.494 e. The maximum atomic E-state index is 5.80. The number of ether oxygens (including phenoxy) is 1. The van der Waals surface area contributed by atoms with E-state index in [-0.39, 0.29) is 0 Å². The van der Waals surface area contributed by atoms with Crippen LogP contribution in [-0.4, -0.2) is 55.2 Å². The lowest BCUT2D eigenvalue weighted by Gasteiger charge is -2.28. The van der Waals surface area contributed by atoms with E-state index in [0.29, 0.717) is 0 Å². The Balaban J connectivity index is 1.35. The first-order chi connectivity index (χ1) is 10.4. The van der Waals surface area contributed by atoms with Gasteiger partial charge >= 0.3 is 0 Å². The molecule has 0 N–H and O–H groups in total. The van der Waals surface area contributed by atoms with Crippen LogP contribution in [0.25, 0.3) is 0 Å². The summed E-state index contributed by atoms with van der Waals surface area (Å²) in [6.07, 6.45) is 6.69. The molecule has 2 fully saturated rings. The van der Waals surface area contributed by atoms with Gasteiger partial charge in [-0.3, -0.25) is 4.90 Å². The van der Waals surface area contributed by atoms with Crippen LogP contribution >= 0.6 is 0 Å². The number of para-hydroxylation sites is 1. The van der Waals surface area contributed by atoms with Crippen LogP contribution in [0.15, 0.2) is 30.3 Å². The van der Waals surface area contributed by atoms with Crippen molar-refractivity contribution in [3.63, 3.8) is 0 Å². The molecule has 2 heterocycles. The molecule has 0 unspecified atom stereocenters. The summed E-state index contributed by atoms with van der Waals surface area (Å²) in [5.41, 5.74) is 0. The normalized spacial score (nSPS) is 23.7. The van der Waals surface area contributed by atoms with Crippen LogP contribution in [-0.2, 0) is 0 Å². The Hall–Kier alpha value is -1.06. The summed E-state index contributed by atoms with van der Waals surface area (Å²) < 4.78 is 5.80. The van der Waals surface area contributed by atoms with Crippen molar-refractivity contribution >= 4 is 0 Å². The van der Waals surface area contributed by atoms with E-state index in [0.717, 1.165) is 24.8 Å². The molecule has 3 rings (SSSR count). The van der Waals surface area contributed by atoms with Gasteiger partial charge in [0.2, 0.25) is 0 Å². The third-order valence-electron chi connectivity index (χ3n) is 4.77. The van der Waals surface area contributed by atoms with Gasteiger partial charge in [0.15, 0.2) is 0 Å². The van der Waals surface area contributed by atoms with Crippen LogP contribution in [0.4, 0.5) is 0 Å². The average molecular weight is 288 g/mol. The third-order valence-corrected chi connectivity index (χ3v) is 4.77. The standard InChI is InChI=1S/C18H28N2O/c1-2-9-18(10-3-1)21-15-7-14-20-13-6-8-17(20)16-19-11-4-5-12-19/h1-3,9-10,17H,4-8,11-16H2/t17-/m0/s1. The summed E-state index contributed by atoms with van der Waals surface area (Å²) in [5, 5.41) is 0. The van der Waals surface area contributed by atoms with Gasteiger partial charge in [-0.15, -0.1) is 0 Å². The Morgan fingerprint density at radius 1 is 1.00 bits per heavy atom. The fraction of sp³-hybridized carbons (Fsp3) is 0.667. The van der Waals surface area contributed by atoms with E-state index >= 15 is 0 Å². The molecule has 0 aliphatic carbocycles. The van der Waals surface area contributed by atoms with Gasteiger partial charge in [0.05, 0.1) is 6.61 Å². The van der Waals surface area contributed by atoms with E-state index in [1.165, 1.54) is 58.4 Å². The van der Waals surface area contributed by atoms with Crippen LogP contribution in [0.1, 0.15) is 32.1 Å². The molecule has 0 amide bonds. The summed E-state index contributed by atoms with van der Waals surface area (Å²) in [7, 11) is 0. The molecule has 2 aliphatic heterocycles. The first-order valence-corrected chi connectivity index (χ1v) is 8.56. The summed E-state index contributed by atoms with van der Waals surface area (Å²) in [4.78, 5) is 5.34. The maximum absolute atomic E-state index is 5.80. The van der Waals surface area contributed by atoms with Crippen molar-refractivity contribution in [2.75, 3.05) is 39.3 Å². The molecule has 0 radical (unpaired) electrons. The minimum absolute atomic E-state index is 0.792. The predicted octanol–water partition coefficient (Wildman–Crippen LogP) is 3.02. The lowest BCUT2D eigenvalue weighted by molar-refractivity contribution is 0.178. The monoisotopic (exact) mass is 288 g/mol. The van der Waals surface area contributed by atoms with E-state index in [9.17, 15) is 0 Å². The topological polar surface area (TPSA) is 15.7 Å². The van der Waals surface area contributed by atoms with Crippen molar-refractivity contribution < 1.29 is 4.74 Å². The van der Waals surface area contributed by atoms with E-state index in [2.05, 4.69) is 9.80 Å². The molecular formula is C18H28N2O. The van der Waals surface area contributed by atoms with Crippen molar-refractivity contribution in [3.05, 3.63) is 30.3 Å². The van der Waals surface area contributed by atoms with Gasteiger partial charge in [0, 0.05) is 19.1 Å². The number of likely N-dealkylation sites (tertiary alicyclic amines) is 2. The van der Waals surface area contributed by atoms with Crippen LogP contribution in [0.2, 0.25) is 0 Å². The zero-order valence-corrected chi connectivity index (χ0v) is 13.0. The fourth-order valence-corrected chi connectivity index (χ4v) is 3.63. The van der Waals surface area contributed by atoms with Gasteiger partial charge in [-0.1, -0.05) is 18.2 Å². The Labute approximate surface area is 128 Å². The first kappa shape index (κ1) is 14.9. The zero-order valence-electron chi connectivity index (χ0n) is 13.0. The molecule has 0 bridgehead atoms. The molecule has 0 aromatic heterocycles. The number of hydrogen-bond donors (Lipinski definition) is 0. The number of benzene rings is 1. The molecule has 3 nitrogen and oxygen atoms in total. The van der Waals surface area contributed by atoms with Gasteiger partial charge in [0.25, 0.3) is 0 Å². The SMILES string of the molecule is c1ccc(OCCCN2CCC[C@H]2CN2CCCC2)cc1. The summed E-state index contributed by atoms with van der Waals surface area (Å²) >= 11 is 0. The van der Waals surface area contributed by atoms with E-state index < -0.39 is 0 Å². The van der Waals surface area contributed by atoms with Crippen LogP contribution in [0.3, 0.4) is 0 Å². The molecule has 0 spiro atoms. The van der Waals surface area contributed by atoms with Crippen LogP contribution in [0, 0.1) is 0 Å². The Kier molecular flexibility index (Phi) is 5.53. The summed E-state index contributed by atoms with van der Waals surface area (Å²) in [6.45, 7) is 7.23. The van der Waals surface area contributed by atoms with Crippen LogP contribution in [0.5, 0.6) is 5.75 Å². The molecular weight excluding hydrogens is 260 g/mol. The lowest BCUT2D eigenvalue weighted by Crippen LogP contribution is -2.40. The molecule has 1 aromatic rings. The second-order valence-corrected chi connectivity index (χ2v) is 6.35. The molecule has 3 heteroatoms. The van der Waals surface area contributed by atoms with Gasteiger partial charge in [-0.05, 0) is 63.9 Å². The Morgan fingerprint density at radius 2 is 1.81 bits per heavy atom. The minimum atomic E-state index is 0.792. The van der Waals surface area contributed by atoms with E-state index in [1.54, 1.807) is 0 Å². The molecule has 1 atom stereocenters. The highest BCUT2D eigenvalue weighted by Gasteiger charge is 2.26. The van der Waals surface area contributed by atoms with E-state index in [4.69, 9.17) is 4.74 Å². The van der Waals surface area contributed by atoms with Crippen molar-refractivity contribution in [2.45, 2.75) is 38.1 Å². The number of hydrogen-bond acceptors (Lipinski definition) is 3. The second-order valence-electron chi connectivity index (χ2n) is 6.35. The maximum Gasteiger partial charge on any atom is 0.119 e. The average Bonchev–Trinajstić information content (AvgIpc) is 3.18. The quantitative estimate of drug-likeness (QED) is 0.717. The molecule has 1 aromatic carbocycles. The van der Waals surface area contributed by atoms with Crippen molar-refractivity contribution in [1.29, 1.82) is 0 Å². The van der Waals surface area contributed by atoms with Gasteiger partial charge in [0.1, 0.15) is 5.75 Å². The summed E-state index contributed by atoms with van der Waals surface area (Å²) in [5.74, 6) is 0.993. The highest BCUT2D eigenvalue weighted by Crippen LogP contribution is 2.20. The molecule has 0 saturated carbocycles. The first-order valence-electron chi connectivity index (χ1n) is 8.56. The van der Waals surface area contributed by atoms with Crippen molar-refractivity contribution in [3.8, 4) is 5.75 Å². The van der Waals surface area contributed by atoms with Crippen LogP contribution < -0.4 is 4.74 Å². The highest BCUT2D eigenvalue weighted by atomic mass is 16.5. The molecule has 21 heavy (non-hydrogen) atoms. The zero-order chi connectivity index (χ0) is 14.3. The van der Waals surface area contributed by atoms with Crippen molar-refractivity contribution in [1.82, 2.24) is 9.80 Å². The van der Waals surface area contributed by atoms with Gasteiger partial charge < -0.3 is 9.64 Å². The minimum Gasteiger partial charge on any atom is -0.494 e. The van der Waals surface area contributed by atoms with Crippen molar-refractivity contribution in [2.24, 2.45) is 0 Å². The number of nitrogens with zero attached hydrogens (tertiary/aromatic N) is 2.